The maximum atomic E-state index is 13.7. The molecule has 0 spiro atoms. The summed E-state index contributed by atoms with van der Waals surface area (Å²) in [5.41, 5.74) is 1.29. The lowest BCUT2D eigenvalue weighted by Crippen LogP contribution is -2.14. The van der Waals surface area contributed by atoms with Crippen LogP contribution in [-0.2, 0) is 10.0 Å². The highest BCUT2D eigenvalue weighted by Crippen LogP contribution is 2.18. The van der Waals surface area contributed by atoms with E-state index in [0.29, 0.717) is 0 Å². The van der Waals surface area contributed by atoms with E-state index in [2.05, 4.69) is 10.0 Å². The van der Waals surface area contributed by atoms with Crippen LogP contribution in [0.1, 0.15) is 15.9 Å². The molecule has 0 atom stereocenters. The number of carbonyl (C=O) groups excluding carboxylic acids is 1. The lowest BCUT2D eigenvalue weighted by atomic mass is 10.1. The van der Waals surface area contributed by atoms with Gasteiger partial charge >= 0.3 is 0 Å². The molecule has 1 amide bonds. The maximum absolute atomic E-state index is 13.7. The van der Waals surface area contributed by atoms with Gasteiger partial charge in [0.2, 0.25) is 10.0 Å². The number of sulfonamides is 1. The van der Waals surface area contributed by atoms with Crippen LogP contribution in [0, 0.1) is 12.7 Å². The number of halogens is 1. The Morgan fingerprint density at radius 3 is 2.50 bits per heavy atom. The molecule has 2 aromatic rings. The molecule has 2 N–H and O–H groups in total. The highest BCUT2D eigenvalue weighted by Gasteiger charge is 2.11. The minimum atomic E-state index is -3.43. The van der Waals surface area contributed by atoms with Crippen LogP contribution < -0.4 is 10.0 Å². The van der Waals surface area contributed by atoms with Gasteiger partial charge in [-0.25, -0.2) is 12.8 Å². The van der Waals surface area contributed by atoms with Crippen molar-refractivity contribution < 1.29 is 17.6 Å². The third-order valence-electron chi connectivity index (χ3n) is 2.80. The Kier molecular flexibility index (Phi) is 4.46. The normalized spacial score (nSPS) is 11.0. The van der Waals surface area contributed by atoms with Crippen molar-refractivity contribution in [2.75, 3.05) is 16.3 Å². The van der Waals surface area contributed by atoms with Crippen LogP contribution in [-0.4, -0.2) is 20.6 Å². The van der Waals surface area contributed by atoms with E-state index in [0.717, 1.165) is 11.8 Å². The van der Waals surface area contributed by atoms with Crippen molar-refractivity contribution in [3.8, 4) is 0 Å². The number of hydrogen-bond donors (Lipinski definition) is 2. The van der Waals surface area contributed by atoms with Crippen LogP contribution in [0.2, 0.25) is 0 Å². The first kappa shape index (κ1) is 16.0. The van der Waals surface area contributed by atoms with Crippen molar-refractivity contribution in [3.63, 3.8) is 0 Å². The largest absolute Gasteiger partial charge is 0.319 e. The van der Waals surface area contributed by atoms with Gasteiger partial charge in [0.25, 0.3) is 5.91 Å². The number of rotatable bonds is 4. The van der Waals surface area contributed by atoms with Crippen LogP contribution in [0.4, 0.5) is 15.8 Å². The molecule has 116 valence electrons. The number of nitrogens with one attached hydrogen (secondary N) is 2. The molecule has 0 bridgehead atoms. The van der Waals surface area contributed by atoms with Gasteiger partial charge in [0.15, 0.2) is 0 Å². The molecule has 2 aromatic carbocycles. The second-order valence-electron chi connectivity index (χ2n) is 4.89. The first-order valence-electron chi connectivity index (χ1n) is 6.40. The average molecular weight is 322 g/mol. The van der Waals surface area contributed by atoms with Crippen molar-refractivity contribution in [3.05, 3.63) is 59.4 Å². The second kappa shape index (κ2) is 6.15. The summed E-state index contributed by atoms with van der Waals surface area (Å²) < 4.78 is 38.4. The van der Waals surface area contributed by atoms with Crippen molar-refractivity contribution in [1.82, 2.24) is 0 Å². The van der Waals surface area contributed by atoms with E-state index < -0.39 is 21.7 Å². The monoisotopic (exact) mass is 322 g/mol. The Labute approximate surface area is 128 Å². The third-order valence-corrected chi connectivity index (χ3v) is 3.41. The van der Waals surface area contributed by atoms with E-state index in [-0.39, 0.29) is 16.9 Å². The molecular weight excluding hydrogens is 307 g/mol. The van der Waals surface area contributed by atoms with Crippen LogP contribution >= 0.6 is 0 Å². The molecule has 0 fully saturated rings. The van der Waals surface area contributed by atoms with Gasteiger partial charge in [0, 0.05) is 11.3 Å². The van der Waals surface area contributed by atoms with E-state index in [9.17, 15) is 17.6 Å². The molecule has 0 saturated carbocycles. The molecule has 0 radical (unpaired) electrons. The number of aryl methyl sites for hydroxylation is 1. The number of amides is 1. The fourth-order valence-corrected chi connectivity index (χ4v) is 2.41. The molecule has 0 unspecified atom stereocenters. The summed E-state index contributed by atoms with van der Waals surface area (Å²) in [4.78, 5) is 12.1. The standard InChI is InChI=1S/C15H15FN2O3S/c1-10-6-7-14(13(16)8-10)17-15(19)11-4-3-5-12(9-11)18-22(2,20)21/h3-9,18H,1-2H3,(H,17,19). The molecule has 0 aliphatic carbocycles. The average Bonchev–Trinajstić information content (AvgIpc) is 2.40. The van der Waals surface area contributed by atoms with Gasteiger partial charge in [-0.05, 0) is 42.8 Å². The number of benzene rings is 2. The van der Waals surface area contributed by atoms with Crippen LogP contribution in [0.3, 0.4) is 0 Å². The maximum Gasteiger partial charge on any atom is 0.255 e. The van der Waals surface area contributed by atoms with Gasteiger partial charge in [-0.1, -0.05) is 12.1 Å². The van der Waals surface area contributed by atoms with Gasteiger partial charge in [-0.3, -0.25) is 9.52 Å². The number of carbonyl (C=O) groups is 1. The van der Waals surface area contributed by atoms with Crippen LogP contribution in [0.15, 0.2) is 42.5 Å². The molecule has 22 heavy (non-hydrogen) atoms. The van der Waals surface area contributed by atoms with Gasteiger partial charge in [0.05, 0.1) is 11.9 Å². The smallest absolute Gasteiger partial charge is 0.255 e. The van der Waals surface area contributed by atoms with Crippen LogP contribution in [0.25, 0.3) is 0 Å². The Balaban J connectivity index is 2.21. The molecule has 0 aliphatic rings. The molecule has 0 heterocycles. The fourth-order valence-electron chi connectivity index (χ4n) is 1.85. The SMILES string of the molecule is Cc1ccc(NC(=O)c2cccc(NS(C)(=O)=O)c2)c(F)c1. The van der Waals surface area contributed by atoms with E-state index >= 15 is 0 Å². The summed E-state index contributed by atoms with van der Waals surface area (Å²) in [5, 5.41) is 2.45. The van der Waals surface area contributed by atoms with Crippen molar-refractivity contribution in [1.29, 1.82) is 0 Å². The van der Waals surface area contributed by atoms with Gasteiger partial charge in [0.1, 0.15) is 5.82 Å². The number of anilines is 2. The Morgan fingerprint density at radius 1 is 1.14 bits per heavy atom. The molecule has 0 saturated heterocycles. The lowest BCUT2D eigenvalue weighted by molar-refractivity contribution is 0.102. The molecule has 7 heteroatoms. The van der Waals surface area contributed by atoms with Gasteiger partial charge in [-0.2, -0.15) is 0 Å². The quantitative estimate of drug-likeness (QED) is 0.909. The Hall–Kier alpha value is -2.41. The third kappa shape index (κ3) is 4.29. The van der Waals surface area contributed by atoms with E-state index in [1.54, 1.807) is 13.0 Å². The van der Waals surface area contributed by atoms with Crippen LogP contribution in [0.5, 0.6) is 0 Å². The number of hydrogen-bond acceptors (Lipinski definition) is 3. The topological polar surface area (TPSA) is 75.3 Å². The predicted molar refractivity (Wildman–Crippen MR) is 84.0 cm³/mol. The van der Waals surface area contributed by atoms with E-state index in [1.807, 2.05) is 0 Å². The summed E-state index contributed by atoms with van der Waals surface area (Å²) in [5.74, 6) is -1.06. The molecule has 0 aromatic heterocycles. The molecule has 0 aliphatic heterocycles. The Morgan fingerprint density at radius 2 is 1.86 bits per heavy atom. The zero-order valence-electron chi connectivity index (χ0n) is 12.1. The fraction of sp³-hybridized carbons (Fsp3) is 0.133. The minimum Gasteiger partial charge on any atom is -0.319 e. The summed E-state index contributed by atoms with van der Waals surface area (Å²) in [7, 11) is -3.43. The lowest BCUT2D eigenvalue weighted by Gasteiger charge is -2.09. The van der Waals surface area contributed by atoms with E-state index in [4.69, 9.17) is 0 Å². The predicted octanol–water partition coefficient (Wildman–Crippen LogP) is 2.76. The summed E-state index contributed by atoms with van der Waals surface area (Å²) in [6.45, 7) is 1.75. The van der Waals surface area contributed by atoms with Gasteiger partial charge in [-0.15, -0.1) is 0 Å². The molecule has 2 rings (SSSR count). The first-order valence-corrected chi connectivity index (χ1v) is 8.29. The summed E-state index contributed by atoms with van der Waals surface area (Å²) in [6.07, 6.45) is 1.02. The molecule has 5 nitrogen and oxygen atoms in total. The second-order valence-corrected chi connectivity index (χ2v) is 6.64. The highest BCUT2D eigenvalue weighted by molar-refractivity contribution is 7.92. The Bertz CT molecular complexity index is 819. The van der Waals surface area contributed by atoms with Gasteiger partial charge < -0.3 is 5.32 Å². The summed E-state index contributed by atoms with van der Waals surface area (Å²) in [6, 6.07) is 10.4. The first-order chi connectivity index (χ1) is 10.2. The van der Waals surface area contributed by atoms with Crippen molar-refractivity contribution >= 4 is 27.3 Å². The summed E-state index contributed by atoms with van der Waals surface area (Å²) >= 11 is 0. The zero-order chi connectivity index (χ0) is 16.3. The van der Waals surface area contributed by atoms with Crippen molar-refractivity contribution in [2.45, 2.75) is 6.92 Å². The zero-order valence-corrected chi connectivity index (χ0v) is 12.9. The highest BCUT2D eigenvalue weighted by atomic mass is 32.2. The van der Waals surface area contributed by atoms with E-state index in [1.165, 1.54) is 36.4 Å². The van der Waals surface area contributed by atoms with Crippen molar-refractivity contribution in [2.24, 2.45) is 0 Å². The minimum absolute atomic E-state index is 0.0667. The molecular formula is C15H15FN2O3S.